The Hall–Kier alpha value is -0.520. The highest BCUT2D eigenvalue weighted by Gasteiger charge is 2.21. The van der Waals surface area contributed by atoms with Gasteiger partial charge in [-0.25, -0.2) is 0 Å². The Balaban J connectivity index is 1.87. The molecule has 0 spiro atoms. The van der Waals surface area contributed by atoms with Crippen molar-refractivity contribution < 1.29 is 13.0 Å². The molecule has 0 amide bonds. The highest BCUT2D eigenvalue weighted by molar-refractivity contribution is 7.98. The first-order valence-electron chi connectivity index (χ1n) is 8.72. The average Bonchev–Trinajstić information content (AvgIpc) is 2.95. The lowest BCUT2D eigenvalue weighted by Gasteiger charge is -2.10. The zero-order valence-corrected chi connectivity index (χ0v) is 15.6. The second kappa shape index (κ2) is 9.09. The van der Waals surface area contributed by atoms with Crippen LogP contribution in [0.15, 0.2) is 17.0 Å². The molecule has 2 rings (SSSR count). The van der Waals surface area contributed by atoms with Crippen LogP contribution in [-0.2, 0) is 28.0 Å². The van der Waals surface area contributed by atoms with Crippen molar-refractivity contribution in [3.05, 3.63) is 28.8 Å². The molecule has 1 aromatic rings. The van der Waals surface area contributed by atoms with Gasteiger partial charge in [0.1, 0.15) is 0 Å². The normalized spacial score (nSPS) is 14.2. The highest BCUT2D eigenvalue weighted by atomic mass is 32.2. The maximum Gasteiger partial charge on any atom is 0.294 e. The van der Waals surface area contributed by atoms with Crippen molar-refractivity contribution in [1.29, 1.82) is 0 Å². The minimum Gasteiger partial charge on any atom is -0.282 e. The van der Waals surface area contributed by atoms with Gasteiger partial charge in [-0.3, -0.25) is 4.55 Å². The second-order valence-electron chi connectivity index (χ2n) is 6.42. The second-order valence-corrected chi connectivity index (χ2v) is 8.80. The molecule has 0 aromatic heterocycles. The van der Waals surface area contributed by atoms with Crippen LogP contribution in [0.5, 0.6) is 0 Å². The van der Waals surface area contributed by atoms with Gasteiger partial charge >= 0.3 is 0 Å². The van der Waals surface area contributed by atoms with Gasteiger partial charge in [-0.2, -0.15) is 20.2 Å². The summed E-state index contributed by atoms with van der Waals surface area (Å²) in [5.74, 6) is 1.79. The first kappa shape index (κ1) is 18.8. The standard InChI is InChI=1S/C18H28O3S2/c1-2-3-4-5-6-7-8-9-10-15-11-16-13-22-14-17(16)12-18(15)23(19,20)21/h11-12H,2-10,13-14H2,1H3,(H,19,20,21). The van der Waals surface area contributed by atoms with Gasteiger partial charge in [0, 0.05) is 11.5 Å². The molecule has 1 N–H and O–H groups in total. The van der Waals surface area contributed by atoms with E-state index in [0.717, 1.165) is 41.9 Å². The molecule has 0 bridgehead atoms. The van der Waals surface area contributed by atoms with E-state index in [-0.39, 0.29) is 4.90 Å². The third kappa shape index (κ3) is 5.80. The molecule has 1 aliphatic rings. The molecular formula is C18H28O3S2. The van der Waals surface area contributed by atoms with Crippen LogP contribution >= 0.6 is 11.8 Å². The minimum atomic E-state index is -4.12. The molecule has 1 aliphatic heterocycles. The third-order valence-electron chi connectivity index (χ3n) is 4.48. The number of rotatable bonds is 10. The van der Waals surface area contributed by atoms with Crippen molar-refractivity contribution in [3.63, 3.8) is 0 Å². The van der Waals surface area contributed by atoms with E-state index in [1.165, 1.54) is 44.1 Å². The lowest BCUT2D eigenvalue weighted by atomic mass is 10.0. The van der Waals surface area contributed by atoms with Crippen molar-refractivity contribution in [2.24, 2.45) is 0 Å². The van der Waals surface area contributed by atoms with Crippen molar-refractivity contribution in [3.8, 4) is 0 Å². The minimum absolute atomic E-state index is 0.127. The number of hydrogen-bond acceptors (Lipinski definition) is 3. The zero-order chi connectivity index (χ0) is 16.7. The maximum absolute atomic E-state index is 11.6. The monoisotopic (exact) mass is 356 g/mol. The maximum atomic E-state index is 11.6. The average molecular weight is 357 g/mol. The van der Waals surface area contributed by atoms with Gasteiger partial charge in [-0.05, 0) is 35.6 Å². The molecule has 0 radical (unpaired) electrons. The van der Waals surface area contributed by atoms with Crippen LogP contribution in [0.4, 0.5) is 0 Å². The summed E-state index contributed by atoms with van der Waals surface area (Å²) in [6, 6.07) is 3.68. The molecule has 130 valence electrons. The first-order chi connectivity index (χ1) is 11.0. The molecule has 0 aliphatic carbocycles. The summed E-state index contributed by atoms with van der Waals surface area (Å²) < 4.78 is 32.8. The third-order valence-corrected chi connectivity index (χ3v) is 6.44. The van der Waals surface area contributed by atoms with Crippen LogP contribution < -0.4 is 0 Å². The summed E-state index contributed by atoms with van der Waals surface area (Å²) in [6.07, 6.45) is 10.6. The summed E-state index contributed by atoms with van der Waals surface area (Å²) in [4.78, 5) is 0.127. The largest absolute Gasteiger partial charge is 0.294 e. The van der Waals surface area contributed by atoms with Gasteiger partial charge in [0.15, 0.2) is 0 Å². The number of hydrogen-bond donors (Lipinski definition) is 1. The SMILES string of the molecule is CCCCCCCCCCc1cc2c(cc1S(=O)(=O)O)CSC2. The highest BCUT2D eigenvalue weighted by Crippen LogP contribution is 2.34. The Kier molecular flexibility index (Phi) is 7.44. The molecular weight excluding hydrogens is 328 g/mol. The van der Waals surface area contributed by atoms with Gasteiger partial charge < -0.3 is 0 Å². The van der Waals surface area contributed by atoms with Crippen molar-refractivity contribution in [1.82, 2.24) is 0 Å². The predicted molar refractivity (Wildman–Crippen MR) is 97.6 cm³/mol. The molecule has 0 unspecified atom stereocenters. The fourth-order valence-corrected chi connectivity index (χ4v) is 5.01. The van der Waals surface area contributed by atoms with E-state index in [9.17, 15) is 13.0 Å². The lowest BCUT2D eigenvalue weighted by molar-refractivity contribution is 0.481. The van der Waals surface area contributed by atoms with E-state index in [4.69, 9.17) is 0 Å². The Bertz CT molecular complexity index is 609. The van der Waals surface area contributed by atoms with E-state index in [0.29, 0.717) is 0 Å². The predicted octanol–water partition coefficient (Wildman–Crippen LogP) is 5.36. The van der Waals surface area contributed by atoms with E-state index < -0.39 is 10.1 Å². The van der Waals surface area contributed by atoms with Crippen molar-refractivity contribution in [2.75, 3.05) is 0 Å². The van der Waals surface area contributed by atoms with Crippen LogP contribution in [0.25, 0.3) is 0 Å². The molecule has 0 saturated carbocycles. The zero-order valence-electron chi connectivity index (χ0n) is 14.0. The van der Waals surface area contributed by atoms with Gasteiger partial charge in [-0.15, -0.1) is 0 Å². The van der Waals surface area contributed by atoms with Crippen LogP contribution in [-0.4, -0.2) is 13.0 Å². The van der Waals surface area contributed by atoms with Gasteiger partial charge in [-0.1, -0.05) is 57.9 Å². The topological polar surface area (TPSA) is 54.4 Å². The van der Waals surface area contributed by atoms with Gasteiger partial charge in [0.05, 0.1) is 4.90 Å². The fourth-order valence-electron chi connectivity index (χ4n) is 3.14. The molecule has 23 heavy (non-hydrogen) atoms. The molecule has 3 nitrogen and oxygen atoms in total. The van der Waals surface area contributed by atoms with Crippen molar-refractivity contribution in [2.45, 2.75) is 81.1 Å². The van der Waals surface area contributed by atoms with Crippen LogP contribution in [0, 0.1) is 0 Å². The Morgan fingerprint density at radius 3 is 2.13 bits per heavy atom. The Labute approximate surface area is 145 Å². The summed E-state index contributed by atoms with van der Waals surface area (Å²) in [6.45, 7) is 2.22. The van der Waals surface area contributed by atoms with Crippen LogP contribution in [0.3, 0.4) is 0 Å². The number of fused-ring (bicyclic) bond motifs is 1. The number of thioether (sulfide) groups is 1. The first-order valence-corrected chi connectivity index (χ1v) is 11.3. The van der Waals surface area contributed by atoms with E-state index in [2.05, 4.69) is 6.92 Å². The molecule has 1 heterocycles. The summed E-state index contributed by atoms with van der Waals surface area (Å²) in [5, 5.41) is 0. The van der Waals surface area contributed by atoms with Gasteiger partial charge in [0.25, 0.3) is 10.1 Å². The Morgan fingerprint density at radius 1 is 0.957 bits per heavy atom. The molecule has 0 atom stereocenters. The molecule has 1 aromatic carbocycles. The van der Waals surface area contributed by atoms with Crippen LogP contribution in [0.2, 0.25) is 0 Å². The number of aryl methyl sites for hydroxylation is 1. The fraction of sp³-hybridized carbons (Fsp3) is 0.667. The summed E-state index contributed by atoms with van der Waals surface area (Å²) in [5.41, 5.74) is 3.08. The number of benzene rings is 1. The van der Waals surface area contributed by atoms with Gasteiger partial charge in [0.2, 0.25) is 0 Å². The Morgan fingerprint density at radius 2 is 1.52 bits per heavy atom. The molecule has 0 saturated heterocycles. The quantitative estimate of drug-likeness (QED) is 0.453. The van der Waals surface area contributed by atoms with Crippen molar-refractivity contribution >= 4 is 21.9 Å². The van der Waals surface area contributed by atoms with E-state index in [1.54, 1.807) is 17.8 Å². The van der Waals surface area contributed by atoms with Crippen LogP contribution in [0.1, 0.15) is 75.0 Å². The van der Waals surface area contributed by atoms with E-state index in [1.807, 2.05) is 6.07 Å². The summed E-state index contributed by atoms with van der Waals surface area (Å²) >= 11 is 1.80. The van der Waals surface area contributed by atoms with E-state index >= 15 is 0 Å². The lowest BCUT2D eigenvalue weighted by Crippen LogP contribution is -2.05. The smallest absolute Gasteiger partial charge is 0.282 e. The number of unbranched alkanes of at least 4 members (excludes halogenated alkanes) is 7. The molecule has 0 fully saturated rings. The summed E-state index contributed by atoms with van der Waals surface area (Å²) in [7, 11) is -4.12. The molecule has 5 heteroatoms.